The molecule has 2 aromatic rings. The average Bonchev–Trinajstić information content (AvgIpc) is 2.75. The molecule has 2 amide bonds. The fraction of sp³-hybridized carbons (Fsp3) is 0.391. The molecule has 0 saturated heterocycles. The first-order valence-corrected chi connectivity index (χ1v) is 12.3. The molecule has 0 radical (unpaired) electrons. The molecule has 0 aliphatic rings. The number of rotatable bonds is 10. The normalized spacial score (nSPS) is 13.2. The van der Waals surface area contributed by atoms with E-state index in [0.29, 0.717) is 6.42 Å². The van der Waals surface area contributed by atoms with Gasteiger partial charge in [0.05, 0.1) is 11.9 Å². The molecule has 0 unspecified atom stereocenters. The van der Waals surface area contributed by atoms with Crippen molar-refractivity contribution in [1.82, 2.24) is 10.2 Å². The van der Waals surface area contributed by atoms with Crippen LogP contribution < -0.4 is 9.62 Å². The summed E-state index contributed by atoms with van der Waals surface area (Å²) >= 11 is 0. The molecule has 2 aromatic carbocycles. The highest BCUT2D eigenvalue weighted by Gasteiger charge is 2.31. The van der Waals surface area contributed by atoms with Crippen LogP contribution in [0.4, 0.5) is 14.5 Å². The van der Waals surface area contributed by atoms with Gasteiger partial charge in [-0.3, -0.25) is 13.9 Å². The number of nitrogens with one attached hydrogen (secondary N) is 1. The number of benzene rings is 2. The van der Waals surface area contributed by atoms with Gasteiger partial charge in [0.2, 0.25) is 21.8 Å². The van der Waals surface area contributed by atoms with Crippen molar-refractivity contribution in [2.75, 3.05) is 17.1 Å². The summed E-state index contributed by atoms with van der Waals surface area (Å²) in [6.07, 6.45) is 1.56. The van der Waals surface area contributed by atoms with Gasteiger partial charge in [0, 0.05) is 18.2 Å². The quantitative estimate of drug-likeness (QED) is 0.565. The van der Waals surface area contributed by atoms with E-state index in [4.69, 9.17) is 0 Å². The van der Waals surface area contributed by atoms with Crippen molar-refractivity contribution >= 4 is 27.5 Å². The third-order valence-electron chi connectivity index (χ3n) is 5.24. The van der Waals surface area contributed by atoms with Crippen LogP contribution in [-0.2, 0) is 26.2 Å². The summed E-state index contributed by atoms with van der Waals surface area (Å²) in [5.74, 6) is -2.42. The molecule has 0 spiro atoms. The first kappa shape index (κ1) is 26.2. The van der Waals surface area contributed by atoms with Gasteiger partial charge in [-0.2, -0.15) is 0 Å². The second-order valence-corrected chi connectivity index (χ2v) is 9.76. The maximum Gasteiger partial charge on any atom is 0.244 e. The lowest BCUT2D eigenvalue weighted by Gasteiger charge is -2.32. The van der Waals surface area contributed by atoms with Crippen LogP contribution in [0.2, 0.25) is 0 Å². The molecular formula is C23H29F2N3O4S. The fourth-order valence-corrected chi connectivity index (χ4v) is 3.94. The Morgan fingerprint density at radius 2 is 1.73 bits per heavy atom. The van der Waals surface area contributed by atoms with E-state index in [1.54, 1.807) is 6.07 Å². The number of sulfonamides is 1. The lowest BCUT2D eigenvalue weighted by atomic mass is 10.1. The van der Waals surface area contributed by atoms with Crippen LogP contribution in [0.15, 0.2) is 48.5 Å². The van der Waals surface area contributed by atoms with Crippen molar-refractivity contribution in [3.05, 3.63) is 65.7 Å². The smallest absolute Gasteiger partial charge is 0.244 e. The van der Waals surface area contributed by atoms with E-state index in [-0.39, 0.29) is 23.8 Å². The number of carbonyl (C=O) groups excluding carboxylic acids is 2. The minimum Gasteiger partial charge on any atom is -0.352 e. The number of carbonyl (C=O) groups is 2. The first-order chi connectivity index (χ1) is 15.4. The highest BCUT2D eigenvalue weighted by Crippen LogP contribution is 2.20. The third-order valence-corrected chi connectivity index (χ3v) is 6.38. The van der Waals surface area contributed by atoms with Gasteiger partial charge in [-0.15, -0.1) is 0 Å². The summed E-state index contributed by atoms with van der Waals surface area (Å²) in [7, 11) is -3.97. The van der Waals surface area contributed by atoms with Crippen molar-refractivity contribution < 1.29 is 26.8 Å². The minimum atomic E-state index is -3.97. The zero-order valence-electron chi connectivity index (χ0n) is 19.1. The second-order valence-electron chi connectivity index (χ2n) is 7.86. The summed E-state index contributed by atoms with van der Waals surface area (Å²) in [6.45, 7) is 4.26. The van der Waals surface area contributed by atoms with Crippen molar-refractivity contribution in [3.63, 3.8) is 0 Å². The van der Waals surface area contributed by atoms with Gasteiger partial charge in [-0.25, -0.2) is 17.2 Å². The van der Waals surface area contributed by atoms with E-state index >= 15 is 0 Å². The maximum atomic E-state index is 14.3. The Balaban J connectivity index is 2.40. The Labute approximate surface area is 193 Å². The zero-order chi connectivity index (χ0) is 24.8. The molecule has 0 aromatic heterocycles. The van der Waals surface area contributed by atoms with Crippen LogP contribution in [0.3, 0.4) is 0 Å². The fourth-order valence-electron chi connectivity index (χ4n) is 3.10. The number of hydrogen-bond acceptors (Lipinski definition) is 4. The standard InChI is InChI=1S/C23H29F2N3O4S/c1-5-16(2)26-23(30)17(3)27(14-18-9-6-7-12-21(18)25)22(29)15-28(33(4,31)32)20-11-8-10-19(24)13-20/h6-13,16-17H,5,14-15H2,1-4H3,(H,26,30)/t16-,17-/m0/s1. The Kier molecular flexibility index (Phi) is 8.92. The van der Waals surface area contributed by atoms with E-state index < -0.39 is 46.1 Å². The topological polar surface area (TPSA) is 86.8 Å². The molecule has 10 heteroatoms. The molecule has 0 aliphatic heterocycles. The van der Waals surface area contributed by atoms with Crippen LogP contribution >= 0.6 is 0 Å². The van der Waals surface area contributed by atoms with Gasteiger partial charge < -0.3 is 10.2 Å². The molecule has 180 valence electrons. The Morgan fingerprint density at radius 1 is 1.06 bits per heavy atom. The van der Waals surface area contributed by atoms with Crippen LogP contribution in [0.5, 0.6) is 0 Å². The van der Waals surface area contributed by atoms with Crippen LogP contribution in [0.25, 0.3) is 0 Å². The Bertz CT molecular complexity index is 1090. The van der Waals surface area contributed by atoms with Gasteiger partial charge in [-0.05, 0) is 44.5 Å². The monoisotopic (exact) mass is 481 g/mol. The molecule has 2 atom stereocenters. The Morgan fingerprint density at radius 3 is 2.30 bits per heavy atom. The zero-order valence-corrected chi connectivity index (χ0v) is 19.9. The molecule has 0 aliphatic carbocycles. The number of hydrogen-bond donors (Lipinski definition) is 1. The number of anilines is 1. The van der Waals surface area contributed by atoms with Crippen molar-refractivity contribution in [1.29, 1.82) is 0 Å². The maximum absolute atomic E-state index is 14.3. The summed E-state index contributed by atoms with van der Waals surface area (Å²) in [6, 6.07) is 9.48. The molecule has 33 heavy (non-hydrogen) atoms. The summed E-state index contributed by atoms with van der Waals surface area (Å²) in [4.78, 5) is 27.2. The minimum absolute atomic E-state index is 0.0339. The van der Waals surface area contributed by atoms with E-state index in [9.17, 15) is 26.8 Å². The van der Waals surface area contributed by atoms with Crippen molar-refractivity contribution in [3.8, 4) is 0 Å². The lowest BCUT2D eigenvalue weighted by molar-refractivity contribution is -0.139. The lowest BCUT2D eigenvalue weighted by Crippen LogP contribution is -2.52. The van der Waals surface area contributed by atoms with Crippen molar-refractivity contribution in [2.45, 2.75) is 45.8 Å². The van der Waals surface area contributed by atoms with Crippen LogP contribution in [0, 0.1) is 11.6 Å². The van der Waals surface area contributed by atoms with Gasteiger partial charge in [0.1, 0.15) is 24.2 Å². The molecular weight excluding hydrogens is 452 g/mol. The predicted molar refractivity (Wildman–Crippen MR) is 123 cm³/mol. The third kappa shape index (κ3) is 7.24. The largest absolute Gasteiger partial charge is 0.352 e. The number of amides is 2. The van der Waals surface area contributed by atoms with Crippen LogP contribution in [0.1, 0.15) is 32.8 Å². The molecule has 1 N–H and O–H groups in total. The highest BCUT2D eigenvalue weighted by atomic mass is 32.2. The van der Waals surface area contributed by atoms with Crippen LogP contribution in [-0.4, -0.2) is 50.0 Å². The SMILES string of the molecule is CC[C@H](C)NC(=O)[C@H](C)N(Cc1ccccc1F)C(=O)CN(c1cccc(F)c1)S(C)(=O)=O. The molecule has 2 rings (SSSR count). The van der Waals surface area contributed by atoms with E-state index in [0.717, 1.165) is 27.6 Å². The van der Waals surface area contributed by atoms with Crippen molar-refractivity contribution in [2.24, 2.45) is 0 Å². The summed E-state index contributed by atoms with van der Waals surface area (Å²) < 4.78 is 53.6. The Hall–Kier alpha value is -3.01. The highest BCUT2D eigenvalue weighted by molar-refractivity contribution is 7.92. The molecule has 0 saturated carbocycles. The van der Waals surface area contributed by atoms with Gasteiger partial charge in [-0.1, -0.05) is 31.2 Å². The van der Waals surface area contributed by atoms with E-state index in [1.165, 1.54) is 37.3 Å². The van der Waals surface area contributed by atoms with Gasteiger partial charge in [0.15, 0.2) is 0 Å². The molecule has 7 nitrogen and oxygen atoms in total. The second kappa shape index (κ2) is 11.2. The predicted octanol–water partition coefficient (Wildman–Crippen LogP) is 3.06. The van der Waals surface area contributed by atoms with Gasteiger partial charge >= 0.3 is 0 Å². The van der Waals surface area contributed by atoms with E-state index in [1.807, 2.05) is 13.8 Å². The van der Waals surface area contributed by atoms with E-state index in [2.05, 4.69) is 5.32 Å². The summed E-state index contributed by atoms with van der Waals surface area (Å²) in [5, 5.41) is 2.78. The number of halogens is 2. The van der Waals surface area contributed by atoms with Gasteiger partial charge in [0.25, 0.3) is 0 Å². The molecule has 0 heterocycles. The average molecular weight is 482 g/mol. The molecule has 0 fully saturated rings. The summed E-state index contributed by atoms with van der Waals surface area (Å²) in [5.41, 5.74) is 0.138. The first-order valence-electron chi connectivity index (χ1n) is 10.5. The number of nitrogens with zero attached hydrogens (tertiary/aromatic N) is 2. The molecule has 0 bridgehead atoms.